The molecule has 0 amide bonds. The van der Waals surface area contributed by atoms with E-state index < -0.39 is 9.84 Å². The van der Waals surface area contributed by atoms with Crippen LogP contribution in [0.4, 0.5) is 0 Å². The van der Waals surface area contributed by atoms with Crippen LogP contribution in [0.1, 0.15) is 18.4 Å². The number of sulfone groups is 1. The molecule has 144 valence electrons. The Hall–Kier alpha value is -0.650. The van der Waals surface area contributed by atoms with Crippen molar-refractivity contribution in [3.8, 4) is 0 Å². The highest BCUT2D eigenvalue weighted by atomic mass is 127. The van der Waals surface area contributed by atoms with Gasteiger partial charge in [-0.3, -0.25) is 4.99 Å². The van der Waals surface area contributed by atoms with E-state index >= 15 is 0 Å². The van der Waals surface area contributed by atoms with Crippen LogP contribution in [-0.2, 0) is 9.84 Å². The predicted octanol–water partition coefficient (Wildman–Crippen LogP) is 3.87. The molecule has 1 heterocycles. The first-order valence-corrected chi connectivity index (χ1v) is 11.3. The summed E-state index contributed by atoms with van der Waals surface area (Å²) in [5, 5.41) is 10.5. The summed E-state index contributed by atoms with van der Waals surface area (Å²) in [4.78, 5) is 4.47. The lowest BCUT2D eigenvalue weighted by Gasteiger charge is -2.15. The fraction of sp³-hybridized carbons (Fsp3) is 0.353. The van der Waals surface area contributed by atoms with Crippen LogP contribution in [0.15, 0.2) is 55.5 Å². The Morgan fingerprint density at radius 2 is 1.92 bits per heavy atom. The molecule has 1 atom stereocenters. The summed E-state index contributed by atoms with van der Waals surface area (Å²) < 4.78 is 25.5. The van der Waals surface area contributed by atoms with Gasteiger partial charge >= 0.3 is 0 Å². The highest BCUT2D eigenvalue weighted by molar-refractivity contribution is 14.0. The molecule has 0 aliphatic heterocycles. The topological polar surface area (TPSA) is 70.6 Å². The van der Waals surface area contributed by atoms with E-state index in [-0.39, 0.29) is 29.7 Å². The van der Waals surface area contributed by atoms with Crippen molar-refractivity contribution in [1.29, 1.82) is 0 Å². The van der Waals surface area contributed by atoms with Crippen molar-refractivity contribution in [2.24, 2.45) is 4.99 Å². The summed E-state index contributed by atoms with van der Waals surface area (Å²) in [5.74, 6) is 0.972. The van der Waals surface area contributed by atoms with E-state index in [2.05, 4.69) is 55.3 Å². The summed E-state index contributed by atoms with van der Waals surface area (Å²) in [6, 6.07) is 8.78. The molecule has 0 bridgehead atoms. The van der Waals surface area contributed by atoms with Crippen LogP contribution in [0.3, 0.4) is 0 Å². The smallest absolute Gasteiger partial charge is 0.191 e. The third-order valence-electron chi connectivity index (χ3n) is 3.75. The van der Waals surface area contributed by atoms with Gasteiger partial charge in [-0.25, -0.2) is 8.42 Å². The summed E-state index contributed by atoms with van der Waals surface area (Å²) >= 11 is 4.99. The van der Waals surface area contributed by atoms with Crippen LogP contribution in [0.25, 0.3) is 0 Å². The third kappa shape index (κ3) is 7.16. The molecular weight excluding hydrogens is 549 g/mol. The number of halogens is 2. The van der Waals surface area contributed by atoms with Crippen molar-refractivity contribution in [3.05, 3.63) is 51.1 Å². The lowest BCUT2D eigenvalue weighted by molar-refractivity contribution is 0.594. The number of hydrogen-bond acceptors (Lipinski definition) is 4. The number of guanidine groups is 1. The SMILES string of the molecule is CN=C(NCCS(=O)(=O)c1ccc(Br)cc1)NCC(C)c1ccsc1.I. The fourth-order valence-corrected chi connectivity index (χ4v) is 4.41. The van der Waals surface area contributed by atoms with Crippen molar-refractivity contribution in [3.63, 3.8) is 0 Å². The van der Waals surface area contributed by atoms with Gasteiger partial charge in [-0.05, 0) is 52.6 Å². The monoisotopic (exact) mass is 571 g/mol. The van der Waals surface area contributed by atoms with Crippen molar-refractivity contribution < 1.29 is 8.42 Å². The summed E-state index contributed by atoms with van der Waals surface area (Å²) in [7, 11) is -1.64. The quantitative estimate of drug-likeness (QED) is 0.301. The lowest BCUT2D eigenvalue weighted by atomic mass is 10.1. The van der Waals surface area contributed by atoms with E-state index in [0.717, 1.165) is 11.0 Å². The summed E-state index contributed by atoms with van der Waals surface area (Å²) in [5.41, 5.74) is 1.28. The van der Waals surface area contributed by atoms with Gasteiger partial charge in [-0.15, -0.1) is 24.0 Å². The van der Waals surface area contributed by atoms with Crippen LogP contribution in [0.2, 0.25) is 0 Å². The summed E-state index contributed by atoms with van der Waals surface area (Å²) in [6.07, 6.45) is 0. The maximum absolute atomic E-state index is 12.3. The molecule has 0 fully saturated rings. The largest absolute Gasteiger partial charge is 0.356 e. The van der Waals surface area contributed by atoms with Gasteiger partial charge in [0.15, 0.2) is 15.8 Å². The number of benzene rings is 1. The Morgan fingerprint density at radius 1 is 1.23 bits per heavy atom. The zero-order chi connectivity index (χ0) is 18.3. The normalized spacial score (nSPS) is 13.0. The predicted molar refractivity (Wildman–Crippen MR) is 124 cm³/mol. The van der Waals surface area contributed by atoms with Gasteiger partial charge < -0.3 is 10.6 Å². The number of nitrogens with zero attached hydrogens (tertiary/aromatic N) is 1. The second-order valence-electron chi connectivity index (χ2n) is 5.61. The van der Waals surface area contributed by atoms with Crippen molar-refractivity contribution >= 4 is 67.0 Å². The average Bonchev–Trinajstić information content (AvgIpc) is 3.12. The zero-order valence-corrected chi connectivity index (χ0v) is 20.2. The van der Waals surface area contributed by atoms with Gasteiger partial charge in [0.05, 0.1) is 10.6 Å². The van der Waals surface area contributed by atoms with E-state index in [4.69, 9.17) is 0 Å². The van der Waals surface area contributed by atoms with Gasteiger partial charge in [-0.1, -0.05) is 22.9 Å². The minimum absolute atomic E-state index is 0. The van der Waals surface area contributed by atoms with Crippen molar-refractivity contribution in [2.45, 2.75) is 17.7 Å². The second-order valence-corrected chi connectivity index (χ2v) is 9.42. The van der Waals surface area contributed by atoms with Crippen molar-refractivity contribution in [1.82, 2.24) is 10.6 Å². The fourth-order valence-electron chi connectivity index (χ4n) is 2.21. The minimum atomic E-state index is -3.31. The van der Waals surface area contributed by atoms with E-state index in [0.29, 0.717) is 23.3 Å². The molecule has 1 unspecified atom stereocenters. The zero-order valence-electron chi connectivity index (χ0n) is 14.6. The molecule has 0 aliphatic rings. The van der Waals surface area contributed by atoms with Gasteiger partial charge in [0.25, 0.3) is 0 Å². The highest BCUT2D eigenvalue weighted by Crippen LogP contribution is 2.17. The minimum Gasteiger partial charge on any atom is -0.356 e. The number of hydrogen-bond donors (Lipinski definition) is 2. The Bertz CT molecular complexity index is 794. The van der Waals surface area contributed by atoms with Crippen LogP contribution in [-0.4, -0.2) is 40.3 Å². The molecule has 0 aliphatic carbocycles. The summed E-state index contributed by atoms with van der Waals surface area (Å²) in [6.45, 7) is 3.17. The van der Waals surface area contributed by atoms with Gasteiger partial charge in [-0.2, -0.15) is 11.3 Å². The van der Waals surface area contributed by atoms with E-state index in [1.165, 1.54) is 5.56 Å². The molecule has 2 aromatic rings. The first-order valence-electron chi connectivity index (χ1n) is 7.87. The molecule has 2 rings (SSSR count). The van der Waals surface area contributed by atoms with Crippen LogP contribution in [0.5, 0.6) is 0 Å². The Kier molecular flexibility index (Phi) is 10.1. The first kappa shape index (κ1) is 23.4. The molecule has 5 nitrogen and oxygen atoms in total. The molecule has 0 spiro atoms. The van der Waals surface area contributed by atoms with Crippen LogP contribution in [0, 0.1) is 0 Å². The number of thiophene rings is 1. The third-order valence-corrected chi connectivity index (χ3v) is 6.71. The highest BCUT2D eigenvalue weighted by Gasteiger charge is 2.14. The number of aliphatic imine (C=N–C) groups is 1. The number of rotatable bonds is 7. The Morgan fingerprint density at radius 3 is 2.50 bits per heavy atom. The molecule has 26 heavy (non-hydrogen) atoms. The molecule has 9 heteroatoms. The molecule has 0 radical (unpaired) electrons. The molecule has 0 saturated carbocycles. The molecule has 2 N–H and O–H groups in total. The van der Waals surface area contributed by atoms with Crippen LogP contribution < -0.4 is 10.6 Å². The lowest BCUT2D eigenvalue weighted by Crippen LogP contribution is -2.41. The first-order chi connectivity index (χ1) is 11.9. The Balaban J connectivity index is 0.00000338. The second kappa shape index (κ2) is 11.3. The molecule has 0 saturated heterocycles. The maximum Gasteiger partial charge on any atom is 0.191 e. The van der Waals surface area contributed by atoms with Gasteiger partial charge in [0.1, 0.15) is 0 Å². The average molecular weight is 572 g/mol. The van der Waals surface area contributed by atoms with Crippen LogP contribution >= 0.6 is 51.2 Å². The number of nitrogens with one attached hydrogen (secondary N) is 2. The van der Waals surface area contributed by atoms with E-state index in [1.807, 2.05) is 0 Å². The standard InChI is InChI=1S/C17H22BrN3O2S2.HI/c1-13(14-7-9-24-12-14)11-21-17(19-2)20-8-10-25(22,23)16-5-3-15(18)4-6-16;/h3-7,9,12-13H,8,10-11H2,1-2H3,(H2,19,20,21);1H. The van der Waals surface area contributed by atoms with Gasteiger partial charge in [0.2, 0.25) is 0 Å². The molecule has 1 aromatic heterocycles. The van der Waals surface area contributed by atoms with Gasteiger partial charge in [0, 0.05) is 24.6 Å². The maximum atomic E-state index is 12.3. The van der Waals surface area contributed by atoms with Crippen molar-refractivity contribution in [2.75, 3.05) is 25.9 Å². The Labute approximate surface area is 184 Å². The molecular formula is C17H23BrIN3O2S2. The molecule has 1 aromatic carbocycles. The van der Waals surface area contributed by atoms with E-state index in [1.54, 1.807) is 42.6 Å². The van der Waals surface area contributed by atoms with E-state index in [9.17, 15) is 8.42 Å².